The molecule has 122 valence electrons. The smallest absolute Gasteiger partial charge is 0.350 e. The van der Waals surface area contributed by atoms with Gasteiger partial charge in [-0.3, -0.25) is 4.90 Å². The molecule has 0 fully saturated rings. The van der Waals surface area contributed by atoms with Crippen LogP contribution in [0.3, 0.4) is 0 Å². The number of carbonyl (C=O) groups is 1. The molecule has 0 atom stereocenters. The number of anilines is 1. The molecule has 1 aromatic carbocycles. The number of urea groups is 1. The molecule has 1 aromatic rings. The molecular formula is C17H28N4O. The third kappa shape index (κ3) is 5.76. The van der Waals surface area contributed by atoms with Crippen molar-refractivity contribution in [2.45, 2.75) is 52.4 Å². The average molecular weight is 304 g/mol. The highest BCUT2D eigenvalue weighted by Crippen LogP contribution is 2.22. The molecule has 2 amide bonds. The second-order valence-electron chi connectivity index (χ2n) is 5.66. The van der Waals surface area contributed by atoms with Crippen LogP contribution < -0.4 is 16.4 Å². The van der Waals surface area contributed by atoms with Crippen LogP contribution in [0.5, 0.6) is 0 Å². The zero-order valence-corrected chi connectivity index (χ0v) is 13.9. The normalized spacial score (nSPS) is 10.3. The third-order valence-corrected chi connectivity index (χ3v) is 3.70. The molecule has 0 radical (unpaired) electrons. The molecule has 0 saturated carbocycles. The number of aryl methyl sites for hydroxylation is 2. The Kier molecular flexibility index (Phi) is 7.43. The number of hydrogen-bond acceptors (Lipinski definition) is 1. The van der Waals surface area contributed by atoms with Crippen LogP contribution in [0.15, 0.2) is 23.2 Å². The Morgan fingerprint density at radius 3 is 2.45 bits per heavy atom. The maximum Gasteiger partial charge on any atom is 0.350 e. The Hall–Kier alpha value is -2.04. The highest BCUT2D eigenvalue weighted by atomic mass is 16.2. The number of carbonyl (C=O) groups excluding carboxylic acids is 1. The van der Waals surface area contributed by atoms with E-state index in [0.29, 0.717) is 0 Å². The van der Waals surface area contributed by atoms with E-state index in [0.717, 1.165) is 17.7 Å². The zero-order valence-electron chi connectivity index (χ0n) is 13.9. The van der Waals surface area contributed by atoms with E-state index in [1.165, 1.54) is 42.6 Å². The Balaban J connectivity index is 2.65. The van der Waals surface area contributed by atoms with Gasteiger partial charge in [0.05, 0.1) is 0 Å². The molecule has 0 bridgehead atoms. The molecule has 0 unspecified atom stereocenters. The molecule has 0 heterocycles. The van der Waals surface area contributed by atoms with E-state index < -0.39 is 6.03 Å². The van der Waals surface area contributed by atoms with Gasteiger partial charge in [-0.25, -0.2) is 4.79 Å². The summed E-state index contributed by atoms with van der Waals surface area (Å²) in [5, 5.41) is 0. The minimum atomic E-state index is -0.463. The van der Waals surface area contributed by atoms with E-state index in [-0.39, 0.29) is 5.96 Å². The number of nitrogens with zero attached hydrogens (tertiary/aromatic N) is 2. The Morgan fingerprint density at radius 1 is 1.18 bits per heavy atom. The number of benzene rings is 1. The summed E-state index contributed by atoms with van der Waals surface area (Å²) in [6.07, 6.45) is 7.46. The highest BCUT2D eigenvalue weighted by molar-refractivity contribution is 5.99. The summed E-state index contributed by atoms with van der Waals surface area (Å²) >= 11 is 0. The Bertz CT molecular complexity index is 521. The third-order valence-electron chi connectivity index (χ3n) is 3.70. The molecular weight excluding hydrogens is 276 g/mol. The lowest BCUT2D eigenvalue weighted by molar-refractivity contribution is 0.255. The molecule has 1 rings (SSSR count). The van der Waals surface area contributed by atoms with Gasteiger partial charge in [-0.15, -0.1) is 0 Å². The van der Waals surface area contributed by atoms with E-state index in [1.54, 1.807) is 7.05 Å². The molecule has 0 spiro atoms. The summed E-state index contributed by atoms with van der Waals surface area (Å²) < 4.78 is 0. The van der Waals surface area contributed by atoms with Crippen molar-refractivity contribution in [3.8, 4) is 0 Å². The van der Waals surface area contributed by atoms with Gasteiger partial charge in [0.2, 0.25) is 0 Å². The predicted molar refractivity (Wildman–Crippen MR) is 93.3 cm³/mol. The lowest BCUT2D eigenvalue weighted by Crippen LogP contribution is -2.30. The molecule has 0 aliphatic rings. The maximum absolute atomic E-state index is 11.8. The fourth-order valence-electron chi connectivity index (χ4n) is 2.47. The Labute approximate surface area is 133 Å². The van der Waals surface area contributed by atoms with Gasteiger partial charge in [-0.2, -0.15) is 4.99 Å². The van der Waals surface area contributed by atoms with Crippen LogP contribution in [0.2, 0.25) is 0 Å². The van der Waals surface area contributed by atoms with E-state index in [9.17, 15) is 4.79 Å². The molecule has 0 aromatic heterocycles. The number of hydrogen-bond donors (Lipinski definition) is 2. The van der Waals surface area contributed by atoms with Gasteiger partial charge in [0, 0.05) is 12.7 Å². The van der Waals surface area contributed by atoms with Gasteiger partial charge < -0.3 is 11.5 Å². The van der Waals surface area contributed by atoms with E-state index in [2.05, 4.69) is 24.0 Å². The fraction of sp³-hybridized carbons (Fsp3) is 0.529. The minimum absolute atomic E-state index is 0.224. The lowest BCUT2D eigenvalue weighted by atomic mass is 10.0. The summed E-state index contributed by atoms with van der Waals surface area (Å²) in [5.41, 5.74) is 13.7. The quantitative estimate of drug-likeness (QED) is 0.460. The van der Waals surface area contributed by atoms with E-state index in [1.807, 2.05) is 13.0 Å². The summed E-state index contributed by atoms with van der Waals surface area (Å²) in [4.78, 5) is 16.9. The minimum Gasteiger partial charge on any atom is -0.370 e. The fourth-order valence-corrected chi connectivity index (χ4v) is 2.47. The van der Waals surface area contributed by atoms with Crippen LogP contribution in [0, 0.1) is 6.92 Å². The highest BCUT2D eigenvalue weighted by Gasteiger charge is 2.12. The van der Waals surface area contributed by atoms with Gasteiger partial charge in [0.25, 0.3) is 0 Å². The number of rotatable bonds is 7. The summed E-state index contributed by atoms with van der Waals surface area (Å²) in [6.45, 7) is 4.22. The van der Waals surface area contributed by atoms with Gasteiger partial charge >= 0.3 is 6.03 Å². The van der Waals surface area contributed by atoms with E-state index >= 15 is 0 Å². The second kappa shape index (κ2) is 9.07. The lowest BCUT2D eigenvalue weighted by Gasteiger charge is -2.18. The summed E-state index contributed by atoms with van der Waals surface area (Å²) in [7, 11) is 1.67. The van der Waals surface area contributed by atoms with Gasteiger partial charge in [0.1, 0.15) is 0 Å². The number of guanidine groups is 1. The summed E-state index contributed by atoms with van der Waals surface area (Å²) in [6, 6.07) is 5.70. The zero-order chi connectivity index (χ0) is 16.5. The average Bonchev–Trinajstić information content (AvgIpc) is 2.46. The predicted octanol–water partition coefficient (Wildman–Crippen LogP) is 3.34. The maximum atomic E-state index is 11.8. The van der Waals surface area contributed by atoms with Crippen molar-refractivity contribution in [1.82, 2.24) is 0 Å². The van der Waals surface area contributed by atoms with Crippen molar-refractivity contribution in [2.75, 3.05) is 11.9 Å². The first-order valence-electron chi connectivity index (χ1n) is 7.92. The number of unbranched alkanes of at least 4 members (excludes halogenated alkanes) is 4. The monoisotopic (exact) mass is 304 g/mol. The molecule has 0 aliphatic heterocycles. The second-order valence-corrected chi connectivity index (χ2v) is 5.66. The molecule has 0 saturated heterocycles. The molecule has 4 N–H and O–H groups in total. The molecule has 5 nitrogen and oxygen atoms in total. The van der Waals surface area contributed by atoms with Gasteiger partial charge in [0.15, 0.2) is 5.96 Å². The van der Waals surface area contributed by atoms with E-state index in [4.69, 9.17) is 11.5 Å². The van der Waals surface area contributed by atoms with Crippen LogP contribution in [-0.4, -0.2) is 19.0 Å². The van der Waals surface area contributed by atoms with Crippen molar-refractivity contribution in [3.05, 3.63) is 29.3 Å². The van der Waals surface area contributed by atoms with Crippen LogP contribution in [-0.2, 0) is 6.42 Å². The number of aliphatic imine (C=N–C) groups is 1. The van der Waals surface area contributed by atoms with Crippen LogP contribution in [0.1, 0.15) is 50.2 Å². The van der Waals surface area contributed by atoms with Crippen molar-refractivity contribution in [3.63, 3.8) is 0 Å². The van der Waals surface area contributed by atoms with Gasteiger partial charge in [-0.1, -0.05) is 44.7 Å². The first kappa shape index (κ1) is 18.0. The van der Waals surface area contributed by atoms with Crippen LogP contribution in [0.25, 0.3) is 0 Å². The Morgan fingerprint density at radius 2 is 1.86 bits per heavy atom. The van der Waals surface area contributed by atoms with Gasteiger partial charge in [-0.05, 0) is 37.0 Å². The molecule has 5 heteroatoms. The SMILES string of the molecule is CCCCCCCc1ccc(N(C)C(=O)N=C(N)N)c(C)c1. The number of amides is 2. The first-order chi connectivity index (χ1) is 10.5. The molecule has 22 heavy (non-hydrogen) atoms. The topological polar surface area (TPSA) is 84.7 Å². The van der Waals surface area contributed by atoms with Crippen molar-refractivity contribution in [2.24, 2.45) is 16.5 Å². The van der Waals surface area contributed by atoms with Crippen molar-refractivity contribution >= 4 is 17.7 Å². The standard InChI is InChI=1S/C17H28N4O/c1-4-5-6-7-8-9-14-10-11-15(13(2)12-14)21(3)17(22)20-16(18)19/h10-12H,4-9H2,1-3H3,(H4,18,19,20,22). The largest absolute Gasteiger partial charge is 0.370 e. The van der Waals surface area contributed by atoms with Crippen molar-refractivity contribution in [1.29, 1.82) is 0 Å². The first-order valence-corrected chi connectivity index (χ1v) is 7.92. The number of nitrogens with two attached hydrogens (primary N) is 2. The van der Waals surface area contributed by atoms with Crippen LogP contribution in [0.4, 0.5) is 10.5 Å². The van der Waals surface area contributed by atoms with Crippen molar-refractivity contribution < 1.29 is 4.79 Å². The summed E-state index contributed by atoms with van der Waals surface area (Å²) in [5.74, 6) is -0.224. The van der Waals surface area contributed by atoms with Crippen LogP contribution >= 0.6 is 0 Å². The molecule has 0 aliphatic carbocycles.